The third kappa shape index (κ3) is 2.17. The SMILES string of the molecule is CSc1ccc(/C=C2\C(O)C3CCN2CC3)cc1. The molecule has 0 aliphatic carbocycles. The second kappa shape index (κ2) is 4.98. The number of hydrogen-bond acceptors (Lipinski definition) is 3. The molecular formula is C15H19NOS. The fourth-order valence-electron chi connectivity index (χ4n) is 2.95. The van der Waals surface area contributed by atoms with Crippen LogP contribution >= 0.6 is 11.8 Å². The molecule has 1 atom stereocenters. The number of benzene rings is 1. The second-order valence-electron chi connectivity index (χ2n) is 5.11. The molecule has 2 bridgehead atoms. The summed E-state index contributed by atoms with van der Waals surface area (Å²) in [6, 6.07) is 8.55. The first-order valence-electron chi connectivity index (χ1n) is 6.56. The Morgan fingerprint density at radius 2 is 1.89 bits per heavy atom. The number of piperidine rings is 3. The highest BCUT2D eigenvalue weighted by Gasteiger charge is 2.36. The molecule has 1 aromatic carbocycles. The average Bonchev–Trinajstić information content (AvgIpc) is 2.44. The van der Waals surface area contributed by atoms with Crippen LogP contribution in [0.5, 0.6) is 0 Å². The first-order chi connectivity index (χ1) is 8.78. The van der Waals surface area contributed by atoms with Crippen LogP contribution in [-0.2, 0) is 0 Å². The summed E-state index contributed by atoms with van der Waals surface area (Å²) in [7, 11) is 0. The Bertz CT molecular complexity index is 442. The summed E-state index contributed by atoms with van der Waals surface area (Å²) >= 11 is 1.76. The fraction of sp³-hybridized carbons (Fsp3) is 0.467. The maximum Gasteiger partial charge on any atom is 0.0965 e. The molecule has 18 heavy (non-hydrogen) atoms. The van der Waals surface area contributed by atoms with Crippen molar-refractivity contribution in [2.75, 3.05) is 19.3 Å². The van der Waals surface area contributed by atoms with Gasteiger partial charge in [-0.05, 0) is 48.8 Å². The van der Waals surface area contributed by atoms with Crippen molar-refractivity contribution in [3.8, 4) is 0 Å². The van der Waals surface area contributed by atoms with Crippen molar-refractivity contribution >= 4 is 17.8 Å². The minimum atomic E-state index is -0.257. The molecule has 2 nitrogen and oxygen atoms in total. The smallest absolute Gasteiger partial charge is 0.0965 e. The number of nitrogens with zero attached hydrogens (tertiary/aromatic N) is 1. The normalized spacial score (nSPS) is 29.0. The maximum absolute atomic E-state index is 10.3. The van der Waals surface area contributed by atoms with Crippen LogP contribution in [0.3, 0.4) is 0 Å². The quantitative estimate of drug-likeness (QED) is 0.828. The summed E-state index contributed by atoms with van der Waals surface area (Å²) in [6.07, 6.45) is 6.27. The Morgan fingerprint density at radius 3 is 2.44 bits per heavy atom. The number of fused-ring (bicyclic) bond motifs is 3. The van der Waals surface area contributed by atoms with Crippen LogP contribution in [0.25, 0.3) is 6.08 Å². The minimum absolute atomic E-state index is 0.257. The van der Waals surface area contributed by atoms with E-state index in [0.717, 1.165) is 31.6 Å². The van der Waals surface area contributed by atoms with Crippen molar-refractivity contribution in [3.63, 3.8) is 0 Å². The van der Waals surface area contributed by atoms with Crippen molar-refractivity contribution in [2.45, 2.75) is 23.8 Å². The fourth-order valence-corrected chi connectivity index (χ4v) is 3.36. The van der Waals surface area contributed by atoms with Crippen LogP contribution in [-0.4, -0.2) is 35.5 Å². The predicted molar refractivity (Wildman–Crippen MR) is 76.5 cm³/mol. The monoisotopic (exact) mass is 261 g/mol. The first-order valence-corrected chi connectivity index (χ1v) is 7.79. The number of aliphatic hydroxyl groups excluding tert-OH is 1. The van der Waals surface area contributed by atoms with Gasteiger partial charge >= 0.3 is 0 Å². The molecule has 3 aliphatic heterocycles. The van der Waals surface area contributed by atoms with E-state index < -0.39 is 0 Å². The van der Waals surface area contributed by atoms with Gasteiger partial charge in [0, 0.05) is 23.7 Å². The number of hydrogen-bond donors (Lipinski definition) is 1. The van der Waals surface area contributed by atoms with E-state index in [-0.39, 0.29) is 6.10 Å². The summed E-state index contributed by atoms with van der Waals surface area (Å²) in [5, 5.41) is 10.3. The number of rotatable bonds is 2. The lowest BCUT2D eigenvalue weighted by atomic mass is 9.83. The molecule has 96 valence electrons. The van der Waals surface area contributed by atoms with Crippen molar-refractivity contribution in [3.05, 3.63) is 35.5 Å². The van der Waals surface area contributed by atoms with E-state index in [1.54, 1.807) is 11.8 Å². The van der Waals surface area contributed by atoms with Crippen LogP contribution < -0.4 is 0 Å². The summed E-state index contributed by atoms with van der Waals surface area (Å²) in [4.78, 5) is 3.62. The lowest BCUT2D eigenvalue weighted by Crippen LogP contribution is -2.48. The standard InChI is InChI=1S/C15H19NOS/c1-18-13-4-2-11(3-5-13)10-14-15(17)12-6-8-16(14)9-7-12/h2-5,10,12,15,17H,6-9H2,1H3/b14-10+. The van der Waals surface area contributed by atoms with Crippen molar-refractivity contribution < 1.29 is 5.11 Å². The van der Waals surface area contributed by atoms with E-state index in [9.17, 15) is 5.11 Å². The largest absolute Gasteiger partial charge is 0.387 e. The van der Waals surface area contributed by atoms with Gasteiger partial charge in [-0.15, -0.1) is 11.8 Å². The van der Waals surface area contributed by atoms with E-state index in [4.69, 9.17) is 0 Å². The molecule has 1 aromatic rings. The maximum atomic E-state index is 10.3. The van der Waals surface area contributed by atoms with Gasteiger partial charge in [-0.3, -0.25) is 0 Å². The van der Waals surface area contributed by atoms with Crippen LogP contribution in [0, 0.1) is 5.92 Å². The van der Waals surface area contributed by atoms with E-state index >= 15 is 0 Å². The summed E-state index contributed by atoms with van der Waals surface area (Å²) in [5.74, 6) is 0.478. The molecule has 3 fully saturated rings. The molecule has 1 unspecified atom stereocenters. The Hall–Kier alpha value is -0.930. The van der Waals surface area contributed by atoms with Gasteiger partial charge in [-0.1, -0.05) is 12.1 Å². The van der Waals surface area contributed by atoms with Gasteiger partial charge in [-0.25, -0.2) is 0 Å². The highest BCUT2D eigenvalue weighted by atomic mass is 32.2. The number of thioether (sulfide) groups is 1. The lowest BCUT2D eigenvalue weighted by molar-refractivity contribution is 0.0215. The Kier molecular flexibility index (Phi) is 3.35. The third-order valence-electron chi connectivity index (χ3n) is 4.08. The van der Waals surface area contributed by atoms with Gasteiger partial charge < -0.3 is 10.0 Å². The zero-order valence-electron chi connectivity index (χ0n) is 10.7. The van der Waals surface area contributed by atoms with E-state index in [1.807, 2.05) is 0 Å². The average molecular weight is 261 g/mol. The molecule has 3 saturated heterocycles. The molecule has 3 heterocycles. The van der Waals surface area contributed by atoms with Gasteiger partial charge in [0.1, 0.15) is 0 Å². The van der Waals surface area contributed by atoms with Gasteiger partial charge in [0.15, 0.2) is 0 Å². The van der Waals surface area contributed by atoms with Gasteiger partial charge in [-0.2, -0.15) is 0 Å². The predicted octanol–water partition coefficient (Wildman–Crippen LogP) is 2.84. The van der Waals surface area contributed by atoms with Gasteiger partial charge in [0.25, 0.3) is 0 Å². The molecule has 4 rings (SSSR count). The molecule has 0 spiro atoms. The van der Waals surface area contributed by atoms with Crippen LogP contribution in [0.4, 0.5) is 0 Å². The molecule has 3 aliphatic rings. The summed E-state index contributed by atoms with van der Waals surface area (Å²) in [5.41, 5.74) is 2.31. The van der Waals surface area contributed by atoms with E-state index in [1.165, 1.54) is 10.5 Å². The topological polar surface area (TPSA) is 23.5 Å². The zero-order valence-corrected chi connectivity index (χ0v) is 11.5. The molecule has 0 saturated carbocycles. The van der Waals surface area contributed by atoms with Crippen molar-refractivity contribution in [1.29, 1.82) is 0 Å². The Morgan fingerprint density at radius 1 is 1.22 bits per heavy atom. The van der Waals surface area contributed by atoms with Gasteiger partial charge in [0.2, 0.25) is 0 Å². The molecule has 0 radical (unpaired) electrons. The van der Waals surface area contributed by atoms with Crippen LogP contribution in [0.2, 0.25) is 0 Å². The summed E-state index contributed by atoms with van der Waals surface area (Å²) in [6.45, 7) is 2.22. The highest BCUT2D eigenvalue weighted by molar-refractivity contribution is 7.98. The van der Waals surface area contributed by atoms with Crippen LogP contribution in [0.15, 0.2) is 34.9 Å². The molecular weight excluding hydrogens is 242 g/mol. The number of aliphatic hydroxyl groups is 1. The van der Waals surface area contributed by atoms with Crippen molar-refractivity contribution in [2.24, 2.45) is 5.92 Å². The Labute approximate surface area is 113 Å². The van der Waals surface area contributed by atoms with E-state index in [2.05, 4.69) is 41.5 Å². The zero-order chi connectivity index (χ0) is 12.5. The molecule has 0 aromatic heterocycles. The first kappa shape index (κ1) is 12.1. The minimum Gasteiger partial charge on any atom is -0.387 e. The molecule has 1 N–H and O–H groups in total. The van der Waals surface area contributed by atoms with Gasteiger partial charge in [0.05, 0.1) is 6.10 Å². The second-order valence-corrected chi connectivity index (χ2v) is 5.99. The Balaban J connectivity index is 1.86. The summed E-state index contributed by atoms with van der Waals surface area (Å²) < 4.78 is 0. The third-order valence-corrected chi connectivity index (χ3v) is 4.83. The van der Waals surface area contributed by atoms with Crippen LogP contribution in [0.1, 0.15) is 18.4 Å². The molecule has 3 heteroatoms. The lowest BCUT2D eigenvalue weighted by Gasteiger charge is -2.45. The highest BCUT2D eigenvalue weighted by Crippen LogP contribution is 2.35. The van der Waals surface area contributed by atoms with Crippen molar-refractivity contribution in [1.82, 2.24) is 4.90 Å². The molecule has 0 amide bonds. The van der Waals surface area contributed by atoms with E-state index in [0.29, 0.717) is 5.92 Å².